The summed E-state index contributed by atoms with van der Waals surface area (Å²) in [4.78, 5) is 26.0. The second kappa shape index (κ2) is 9.72. The Morgan fingerprint density at radius 2 is 1.65 bits per heavy atom. The van der Waals surface area contributed by atoms with Gasteiger partial charge in [-0.2, -0.15) is 0 Å². The molecular weight excluding hydrogens is 260 g/mol. The Kier molecular flexibility index (Phi) is 9.16. The molecule has 0 rings (SSSR count). The van der Waals surface area contributed by atoms with E-state index in [0.717, 1.165) is 13.0 Å². The van der Waals surface area contributed by atoms with Crippen molar-refractivity contribution in [2.24, 2.45) is 5.92 Å². The molecule has 0 amide bonds. The molecule has 1 unspecified atom stereocenters. The second-order valence-corrected chi connectivity index (χ2v) is 5.82. The van der Waals surface area contributed by atoms with Gasteiger partial charge in [-0.3, -0.25) is 14.5 Å². The molecule has 0 aromatic heterocycles. The number of carboxylic acids is 2. The smallest absolute Gasteiger partial charge is 0.320 e. The molecular formula is C14H28N2O4. The molecule has 0 radical (unpaired) electrons. The maximum absolute atomic E-state index is 11.4. The van der Waals surface area contributed by atoms with Gasteiger partial charge in [-0.15, -0.1) is 0 Å². The Bertz CT molecular complexity index is 306. The zero-order valence-corrected chi connectivity index (χ0v) is 13.0. The van der Waals surface area contributed by atoms with Crippen LogP contribution in [0.3, 0.4) is 0 Å². The number of aliphatic carboxylic acids is 2. The number of hydrogen-bond acceptors (Lipinski definition) is 4. The van der Waals surface area contributed by atoms with Crippen LogP contribution in [-0.2, 0) is 9.59 Å². The molecule has 0 saturated heterocycles. The normalized spacial score (nSPS) is 13.2. The zero-order valence-electron chi connectivity index (χ0n) is 13.0. The molecule has 0 bridgehead atoms. The van der Waals surface area contributed by atoms with Gasteiger partial charge in [0.25, 0.3) is 0 Å². The van der Waals surface area contributed by atoms with Crippen LogP contribution in [0.2, 0.25) is 0 Å². The van der Waals surface area contributed by atoms with Crippen LogP contribution in [-0.4, -0.2) is 71.7 Å². The molecule has 0 aromatic rings. The van der Waals surface area contributed by atoms with Crippen LogP contribution in [0.15, 0.2) is 0 Å². The lowest BCUT2D eigenvalue weighted by molar-refractivity contribution is -0.145. The van der Waals surface area contributed by atoms with Gasteiger partial charge in [-0.05, 0) is 39.4 Å². The van der Waals surface area contributed by atoms with Gasteiger partial charge in [0.2, 0.25) is 0 Å². The van der Waals surface area contributed by atoms with E-state index in [1.165, 1.54) is 0 Å². The molecule has 0 aliphatic carbocycles. The maximum Gasteiger partial charge on any atom is 0.320 e. The highest BCUT2D eigenvalue weighted by molar-refractivity contribution is 5.73. The highest BCUT2D eigenvalue weighted by Crippen LogP contribution is 2.13. The van der Waals surface area contributed by atoms with Gasteiger partial charge in [0.1, 0.15) is 6.04 Å². The van der Waals surface area contributed by atoms with Crippen molar-refractivity contribution in [1.29, 1.82) is 0 Å². The van der Waals surface area contributed by atoms with E-state index >= 15 is 0 Å². The van der Waals surface area contributed by atoms with Crippen molar-refractivity contribution in [2.45, 2.75) is 39.2 Å². The minimum Gasteiger partial charge on any atom is -0.481 e. The van der Waals surface area contributed by atoms with E-state index in [1.807, 2.05) is 32.8 Å². The first-order chi connectivity index (χ1) is 9.23. The molecule has 0 fully saturated rings. The fraction of sp³-hybridized carbons (Fsp3) is 0.857. The minimum absolute atomic E-state index is 0.0240. The van der Waals surface area contributed by atoms with Crippen LogP contribution < -0.4 is 0 Å². The SMILES string of the molecule is CC(C)CC(C(=O)O)N(CCCN(C)C)CCC(=O)O. The summed E-state index contributed by atoms with van der Waals surface area (Å²) in [5.41, 5.74) is 0. The van der Waals surface area contributed by atoms with E-state index in [1.54, 1.807) is 4.90 Å². The molecule has 2 N–H and O–H groups in total. The van der Waals surface area contributed by atoms with E-state index in [4.69, 9.17) is 5.11 Å². The fourth-order valence-electron chi connectivity index (χ4n) is 2.11. The summed E-state index contributed by atoms with van der Waals surface area (Å²) in [6, 6.07) is -0.600. The number of rotatable bonds is 11. The maximum atomic E-state index is 11.4. The van der Waals surface area contributed by atoms with Gasteiger partial charge in [0.05, 0.1) is 6.42 Å². The lowest BCUT2D eigenvalue weighted by Crippen LogP contribution is -2.44. The highest BCUT2D eigenvalue weighted by Gasteiger charge is 2.26. The number of hydrogen-bond donors (Lipinski definition) is 2. The third-order valence-corrected chi connectivity index (χ3v) is 3.08. The van der Waals surface area contributed by atoms with Crippen molar-refractivity contribution < 1.29 is 19.8 Å². The predicted molar refractivity (Wildman–Crippen MR) is 77.9 cm³/mol. The number of carboxylic acid groups (broad SMARTS) is 2. The standard InChI is InChI=1S/C14H28N2O4/c1-11(2)10-12(14(19)20)16(9-6-13(17)18)8-5-7-15(3)4/h11-12H,5-10H2,1-4H3,(H,17,18)(H,19,20). The Labute approximate surface area is 121 Å². The lowest BCUT2D eigenvalue weighted by atomic mass is 10.0. The summed E-state index contributed by atoms with van der Waals surface area (Å²) in [5.74, 6) is -1.50. The Morgan fingerprint density at radius 3 is 2.05 bits per heavy atom. The third kappa shape index (κ3) is 8.87. The summed E-state index contributed by atoms with van der Waals surface area (Å²) in [5, 5.41) is 18.2. The molecule has 0 heterocycles. The molecule has 6 nitrogen and oxygen atoms in total. The third-order valence-electron chi connectivity index (χ3n) is 3.08. The van der Waals surface area contributed by atoms with Gasteiger partial charge in [-0.25, -0.2) is 0 Å². The summed E-state index contributed by atoms with van der Waals surface area (Å²) in [6.07, 6.45) is 1.34. The molecule has 1 atom stereocenters. The number of nitrogens with zero attached hydrogens (tertiary/aromatic N) is 2. The van der Waals surface area contributed by atoms with E-state index in [-0.39, 0.29) is 18.9 Å². The summed E-state index contributed by atoms with van der Waals surface area (Å²) in [6.45, 7) is 5.70. The molecule has 6 heteroatoms. The number of carbonyl (C=O) groups is 2. The van der Waals surface area contributed by atoms with E-state index in [0.29, 0.717) is 13.0 Å². The van der Waals surface area contributed by atoms with Crippen molar-refractivity contribution in [1.82, 2.24) is 9.80 Å². The van der Waals surface area contributed by atoms with Crippen LogP contribution in [0.1, 0.15) is 33.1 Å². The largest absolute Gasteiger partial charge is 0.481 e. The van der Waals surface area contributed by atoms with Crippen LogP contribution in [0.4, 0.5) is 0 Å². The van der Waals surface area contributed by atoms with Crippen LogP contribution in [0, 0.1) is 5.92 Å². The van der Waals surface area contributed by atoms with Gasteiger partial charge in [0.15, 0.2) is 0 Å². The summed E-state index contributed by atoms with van der Waals surface area (Å²) < 4.78 is 0. The molecule has 0 spiro atoms. The van der Waals surface area contributed by atoms with E-state index < -0.39 is 18.0 Å². The van der Waals surface area contributed by atoms with Crippen molar-refractivity contribution in [3.63, 3.8) is 0 Å². The molecule has 0 aliphatic rings. The molecule has 0 aliphatic heterocycles. The first kappa shape index (κ1) is 18.9. The van der Waals surface area contributed by atoms with E-state index in [2.05, 4.69) is 0 Å². The molecule has 0 saturated carbocycles. The van der Waals surface area contributed by atoms with Gasteiger partial charge in [0, 0.05) is 13.1 Å². The Balaban J connectivity index is 4.65. The fourth-order valence-corrected chi connectivity index (χ4v) is 2.11. The van der Waals surface area contributed by atoms with Crippen molar-refractivity contribution in [3.05, 3.63) is 0 Å². The minimum atomic E-state index is -0.892. The topological polar surface area (TPSA) is 81.1 Å². The van der Waals surface area contributed by atoms with Gasteiger partial charge in [-0.1, -0.05) is 13.8 Å². The first-order valence-corrected chi connectivity index (χ1v) is 7.07. The zero-order chi connectivity index (χ0) is 15.7. The van der Waals surface area contributed by atoms with E-state index in [9.17, 15) is 14.7 Å². The van der Waals surface area contributed by atoms with Gasteiger partial charge >= 0.3 is 11.9 Å². The molecule has 118 valence electrons. The highest BCUT2D eigenvalue weighted by atomic mass is 16.4. The molecule has 20 heavy (non-hydrogen) atoms. The average molecular weight is 288 g/mol. The average Bonchev–Trinajstić information content (AvgIpc) is 2.29. The summed E-state index contributed by atoms with van der Waals surface area (Å²) >= 11 is 0. The quantitative estimate of drug-likeness (QED) is 0.595. The van der Waals surface area contributed by atoms with Crippen molar-refractivity contribution in [2.75, 3.05) is 33.7 Å². The van der Waals surface area contributed by atoms with Crippen molar-refractivity contribution in [3.8, 4) is 0 Å². The second-order valence-electron chi connectivity index (χ2n) is 5.82. The van der Waals surface area contributed by atoms with Crippen LogP contribution in [0.5, 0.6) is 0 Å². The van der Waals surface area contributed by atoms with Crippen molar-refractivity contribution >= 4 is 11.9 Å². The Morgan fingerprint density at radius 1 is 1.05 bits per heavy atom. The summed E-state index contributed by atoms with van der Waals surface area (Å²) in [7, 11) is 3.93. The first-order valence-electron chi connectivity index (χ1n) is 7.07. The predicted octanol–water partition coefficient (Wildman–Crippen LogP) is 1.21. The molecule has 0 aromatic carbocycles. The van der Waals surface area contributed by atoms with Crippen LogP contribution in [0.25, 0.3) is 0 Å². The monoisotopic (exact) mass is 288 g/mol. The Hall–Kier alpha value is -1.14. The van der Waals surface area contributed by atoms with Gasteiger partial charge < -0.3 is 15.1 Å². The van der Waals surface area contributed by atoms with Crippen LogP contribution >= 0.6 is 0 Å². The lowest BCUT2D eigenvalue weighted by Gasteiger charge is -2.30.